The first-order valence-electron chi connectivity index (χ1n) is 10.2. The summed E-state index contributed by atoms with van der Waals surface area (Å²) in [4.78, 5) is 14.9. The number of carbonyl (C=O) groups is 1. The normalized spacial score (nSPS) is 48.0. The number of amides is 1. The van der Waals surface area contributed by atoms with Crippen molar-refractivity contribution >= 4 is 5.91 Å². The van der Waals surface area contributed by atoms with Crippen molar-refractivity contribution in [1.29, 1.82) is 0 Å². The maximum absolute atomic E-state index is 12.7. The first kappa shape index (κ1) is 16.7. The second kappa shape index (κ2) is 5.11. The minimum atomic E-state index is -0.0862. The van der Waals surface area contributed by atoms with E-state index in [9.17, 15) is 4.79 Å². The molecule has 4 aliphatic rings. The van der Waals surface area contributed by atoms with E-state index >= 15 is 0 Å². The third-order valence-corrected chi connectivity index (χ3v) is 8.37. The first-order valence-corrected chi connectivity index (χ1v) is 10.2. The smallest absolute Gasteiger partial charge is 0.246 e. The molecule has 0 aromatic rings. The molecule has 0 unspecified atom stereocenters. The minimum absolute atomic E-state index is 0.0862. The van der Waals surface area contributed by atoms with E-state index in [1.807, 2.05) is 6.08 Å². The van der Waals surface area contributed by atoms with Gasteiger partial charge in [-0.3, -0.25) is 4.79 Å². The third kappa shape index (κ3) is 2.17. The van der Waals surface area contributed by atoms with E-state index < -0.39 is 0 Å². The molecule has 134 valence electrons. The van der Waals surface area contributed by atoms with Crippen LogP contribution in [0.15, 0.2) is 12.2 Å². The molecule has 1 aliphatic heterocycles. The van der Waals surface area contributed by atoms with Crippen molar-refractivity contribution in [2.24, 2.45) is 28.6 Å². The van der Waals surface area contributed by atoms with Crippen LogP contribution in [0.2, 0.25) is 0 Å². The average Bonchev–Trinajstić information content (AvgIpc) is 2.88. The fraction of sp³-hybridized carbons (Fsp3) is 0.864. The van der Waals surface area contributed by atoms with Crippen molar-refractivity contribution in [1.82, 2.24) is 4.90 Å². The molecule has 2 heteroatoms. The van der Waals surface area contributed by atoms with Crippen molar-refractivity contribution in [3.63, 3.8) is 0 Å². The summed E-state index contributed by atoms with van der Waals surface area (Å²) < 4.78 is 0. The molecule has 0 N–H and O–H groups in total. The van der Waals surface area contributed by atoms with Crippen LogP contribution < -0.4 is 0 Å². The molecule has 3 aliphatic carbocycles. The van der Waals surface area contributed by atoms with E-state index in [1.165, 1.54) is 44.9 Å². The van der Waals surface area contributed by atoms with Crippen LogP contribution >= 0.6 is 0 Å². The summed E-state index contributed by atoms with van der Waals surface area (Å²) in [6.45, 7) is 11.6. The van der Waals surface area contributed by atoms with Crippen LogP contribution in [-0.2, 0) is 4.79 Å². The molecule has 4 rings (SSSR count). The van der Waals surface area contributed by atoms with Gasteiger partial charge in [0.1, 0.15) is 0 Å². The zero-order valence-electron chi connectivity index (χ0n) is 16.3. The highest BCUT2D eigenvalue weighted by atomic mass is 16.2. The van der Waals surface area contributed by atoms with Crippen molar-refractivity contribution in [3.05, 3.63) is 12.2 Å². The molecular weight excluding hydrogens is 294 g/mol. The molecule has 0 saturated heterocycles. The van der Waals surface area contributed by atoms with Crippen molar-refractivity contribution in [2.75, 3.05) is 0 Å². The number of hydrogen-bond acceptors (Lipinski definition) is 1. The standard InChI is InChI=1S/C22H35NO/c1-20(2,3)23-18-9-8-15-16-7-6-12-21(16,4)13-10-17(15)22(18,5)14-11-19(23)24/h11,14-18H,6-10,12-13H2,1-5H3/t15-,16-,17-,18+,21-,22+/m0/s1. The zero-order chi connectivity index (χ0) is 17.3. The van der Waals surface area contributed by atoms with Crippen molar-refractivity contribution < 1.29 is 4.79 Å². The molecular formula is C22H35NO. The Kier molecular flexibility index (Phi) is 3.55. The molecule has 0 aromatic carbocycles. The lowest BCUT2D eigenvalue weighted by Gasteiger charge is -2.61. The van der Waals surface area contributed by atoms with Gasteiger partial charge < -0.3 is 4.90 Å². The van der Waals surface area contributed by atoms with Crippen LogP contribution in [0.3, 0.4) is 0 Å². The molecule has 0 aromatic heterocycles. The van der Waals surface area contributed by atoms with Gasteiger partial charge in [0.25, 0.3) is 0 Å². The molecule has 24 heavy (non-hydrogen) atoms. The molecule has 0 spiro atoms. The lowest BCUT2D eigenvalue weighted by atomic mass is 9.48. The number of rotatable bonds is 0. The van der Waals surface area contributed by atoms with Gasteiger partial charge in [0.05, 0.1) is 0 Å². The van der Waals surface area contributed by atoms with E-state index in [4.69, 9.17) is 0 Å². The second-order valence-corrected chi connectivity index (χ2v) is 10.6. The van der Waals surface area contributed by atoms with Crippen LogP contribution in [0, 0.1) is 28.6 Å². The van der Waals surface area contributed by atoms with E-state index in [2.05, 4.69) is 45.6 Å². The van der Waals surface area contributed by atoms with E-state index in [1.54, 1.807) is 0 Å². The highest BCUT2D eigenvalue weighted by Crippen LogP contribution is 2.64. The number of hydrogen-bond donors (Lipinski definition) is 0. The zero-order valence-corrected chi connectivity index (χ0v) is 16.3. The summed E-state index contributed by atoms with van der Waals surface area (Å²) in [7, 11) is 0. The Morgan fingerprint density at radius 1 is 1.04 bits per heavy atom. The molecule has 2 nitrogen and oxygen atoms in total. The Balaban J connectivity index is 1.71. The second-order valence-electron chi connectivity index (χ2n) is 10.6. The van der Waals surface area contributed by atoms with Crippen molar-refractivity contribution in [3.8, 4) is 0 Å². The predicted octanol–water partition coefficient (Wildman–Crippen LogP) is 5.18. The summed E-state index contributed by atoms with van der Waals surface area (Å²) in [5, 5.41) is 0. The summed E-state index contributed by atoms with van der Waals surface area (Å²) in [5.41, 5.74) is 0.702. The van der Waals surface area contributed by atoms with Gasteiger partial charge in [0.15, 0.2) is 0 Å². The first-order chi connectivity index (χ1) is 11.2. The predicted molar refractivity (Wildman–Crippen MR) is 98.5 cm³/mol. The van der Waals surface area contributed by atoms with Gasteiger partial charge in [0.2, 0.25) is 5.91 Å². The van der Waals surface area contributed by atoms with Crippen LogP contribution in [0.25, 0.3) is 0 Å². The highest BCUT2D eigenvalue weighted by Gasteiger charge is 2.59. The molecule has 3 fully saturated rings. The lowest BCUT2D eigenvalue weighted by molar-refractivity contribution is -0.149. The van der Waals surface area contributed by atoms with Gasteiger partial charge in [-0.2, -0.15) is 0 Å². The maximum Gasteiger partial charge on any atom is 0.246 e. The largest absolute Gasteiger partial charge is 0.330 e. The summed E-state index contributed by atoms with van der Waals surface area (Å²) in [6, 6.07) is 0.391. The minimum Gasteiger partial charge on any atom is -0.330 e. The van der Waals surface area contributed by atoms with Gasteiger partial charge in [0, 0.05) is 17.0 Å². The van der Waals surface area contributed by atoms with Gasteiger partial charge in [-0.05, 0) is 88.5 Å². The summed E-state index contributed by atoms with van der Waals surface area (Å²) >= 11 is 0. The van der Waals surface area contributed by atoms with Gasteiger partial charge in [-0.1, -0.05) is 26.3 Å². The Bertz CT molecular complexity index is 573. The third-order valence-electron chi connectivity index (χ3n) is 8.37. The topological polar surface area (TPSA) is 20.3 Å². The Labute approximate surface area is 148 Å². The van der Waals surface area contributed by atoms with E-state index in [-0.39, 0.29) is 16.9 Å². The Hall–Kier alpha value is -0.790. The average molecular weight is 330 g/mol. The quantitative estimate of drug-likeness (QED) is 0.599. The molecule has 1 amide bonds. The van der Waals surface area contributed by atoms with Crippen LogP contribution in [0.5, 0.6) is 0 Å². The molecule has 0 radical (unpaired) electrons. The molecule has 3 saturated carbocycles. The monoisotopic (exact) mass is 329 g/mol. The van der Waals surface area contributed by atoms with Crippen molar-refractivity contribution in [2.45, 2.75) is 91.1 Å². The molecule has 0 bridgehead atoms. The number of fused-ring (bicyclic) bond motifs is 5. The van der Waals surface area contributed by atoms with E-state index in [0.29, 0.717) is 11.5 Å². The Morgan fingerprint density at radius 3 is 2.50 bits per heavy atom. The Morgan fingerprint density at radius 2 is 1.79 bits per heavy atom. The van der Waals surface area contributed by atoms with Crippen LogP contribution in [-0.4, -0.2) is 22.4 Å². The summed E-state index contributed by atoms with van der Waals surface area (Å²) in [6.07, 6.45) is 13.8. The highest BCUT2D eigenvalue weighted by molar-refractivity contribution is 5.89. The van der Waals surface area contributed by atoms with E-state index in [0.717, 1.165) is 17.8 Å². The fourth-order valence-corrected chi connectivity index (χ4v) is 7.29. The maximum atomic E-state index is 12.7. The number of carbonyl (C=O) groups excluding carboxylic acids is 1. The van der Waals surface area contributed by atoms with Crippen LogP contribution in [0.4, 0.5) is 0 Å². The summed E-state index contributed by atoms with van der Waals surface area (Å²) in [5.74, 6) is 2.81. The lowest BCUT2D eigenvalue weighted by Crippen LogP contribution is -2.64. The van der Waals surface area contributed by atoms with Gasteiger partial charge in [-0.25, -0.2) is 0 Å². The molecule has 1 heterocycles. The van der Waals surface area contributed by atoms with Gasteiger partial charge >= 0.3 is 0 Å². The number of nitrogens with zero attached hydrogens (tertiary/aromatic N) is 1. The van der Waals surface area contributed by atoms with Gasteiger partial charge in [-0.15, -0.1) is 0 Å². The van der Waals surface area contributed by atoms with Crippen LogP contribution in [0.1, 0.15) is 79.6 Å². The fourth-order valence-electron chi connectivity index (χ4n) is 7.29. The molecule has 6 atom stereocenters. The SMILES string of the molecule is CC(C)(C)N1C(=O)C=C[C@]2(C)[C@H]3CC[C@]4(C)CCC[C@H]4[C@@H]3CC[C@@H]12.